The van der Waals surface area contributed by atoms with Crippen molar-refractivity contribution in [2.24, 2.45) is 0 Å². The number of rotatable bonds is 14. The monoisotopic (exact) mass is 437 g/mol. The second kappa shape index (κ2) is 11.6. The van der Waals surface area contributed by atoms with Gasteiger partial charge in [0, 0.05) is 31.5 Å². The largest absolute Gasteiger partial charge is 0.490 e. The first-order valence-electron chi connectivity index (χ1n) is 10.4. The van der Waals surface area contributed by atoms with E-state index in [1.54, 1.807) is 6.07 Å². The van der Waals surface area contributed by atoms with E-state index in [1.807, 2.05) is 26.0 Å². The maximum Gasteiger partial charge on any atom is 0.294 e. The summed E-state index contributed by atoms with van der Waals surface area (Å²) in [6, 6.07) is 5.51. The number of β-amino-alcohol motifs (C(OH)–C–C–N with tert-alkyl or cyclic N) is 1. The topological polar surface area (TPSA) is 140 Å². The molecule has 2 rings (SSSR count). The van der Waals surface area contributed by atoms with Crippen LogP contribution in [0.4, 0.5) is 0 Å². The van der Waals surface area contributed by atoms with Crippen LogP contribution in [0, 0.1) is 10.1 Å². The van der Waals surface area contributed by atoms with Crippen molar-refractivity contribution in [3.05, 3.63) is 39.4 Å². The zero-order valence-corrected chi connectivity index (χ0v) is 18.0. The van der Waals surface area contributed by atoms with Gasteiger partial charge in [-0.1, -0.05) is 12.1 Å². The summed E-state index contributed by atoms with van der Waals surface area (Å²) in [5.74, 6) is 0.428. The predicted octanol–water partition coefficient (Wildman–Crippen LogP) is 1.42. The van der Waals surface area contributed by atoms with Gasteiger partial charge in [-0.3, -0.25) is 9.59 Å². The standard InChI is InChI=1S/C21H31N3O7/c1-21(2,14-22-19(27)8-3-4-11-31-24(28)29)23-12-16(25)13-30-18-7-5-6-15-9-10-17(26)20(15)18/h5-7,16,23,25H,3-4,8-14H2,1-2H3,(H,22,27). The zero-order chi connectivity index (χ0) is 22.9. The highest BCUT2D eigenvalue weighted by atomic mass is 16.9. The summed E-state index contributed by atoms with van der Waals surface area (Å²) in [7, 11) is 0. The molecule has 31 heavy (non-hydrogen) atoms. The molecule has 172 valence electrons. The Labute approximate surface area is 181 Å². The van der Waals surface area contributed by atoms with Gasteiger partial charge in [0.1, 0.15) is 18.5 Å². The second-order valence-electron chi connectivity index (χ2n) is 8.23. The first-order chi connectivity index (χ1) is 14.7. The van der Waals surface area contributed by atoms with Crippen molar-refractivity contribution in [1.82, 2.24) is 10.6 Å². The van der Waals surface area contributed by atoms with Crippen LogP contribution in [-0.4, -0.2) is 59.8 Å². The van der Waals surface area contributed by atoms with Gasteiger partial charge in [0.05, 0.1) is 12.2 Å². The van der Waals surface area contributed by atoms with Crippen LogP contribution < -0.4 is 15.4 Å². The van der Waals surface area contributed by atoms with Crippen molar-refractivity contribution >= 4 is 11.7 Å². The van der Waals surface area contributed by atoms with Gasteiger partial charge in [-0.25, -0.2) is 0 Å². The lowest BCUT2D eigenvalue weighted by Crippen LogP contribution is -2.51. The minimum Gasteiger partial charge on any atom is -0.490 e. The van der Waals surface area contributed by atoms with Gasteiger partial charge in [-0.2, -0.15) is 0 Å². The molecule has 3 N–H and O–H groups in total. The molecule has 0 fully saturated rings. The first kappa shape index (κ1) is 24.5. The number of hydrogen-bond acceptors (Lipinski definition) is 8. The second-order valence-corrected chi connectivity index (χ2v) is 8.23. The van der Waals surface area contributed by atoms with E-state index in [0.29, 0.717) is 37.1 Å². The lowest BCUT2D eigenvalue weighted by atomic mass is 10.1. The maximum absolute atomic E-state index is 12.0. The molecular formula is C21H31N3O7. The summed E-state index contributed by atoms with van der Waals surface area (Å²) < 4.78 is 5.69. The number of amides is 1. The van der Waals surface area contributed by atoms with Crippen LogP contribution in [0.3, 0.4) is 0 Å². The van der Waals surface area contributed by atoms with Gasteiger partial charge in [0.2, 0.25) is 5.91 Å². The number of benzene rings is 1. The highest BCUT2D eigenvalue weighted by Gasteiger charge is 2.24. The number of unbranched alkanes of at least 4 members (excludes halogenated alkanes) is 1. The molecule has 0 radical (unpaired) electrons. The normalized spacial score (nSPS) is 14.1. The number of aliphatic hydroxyl groups is 1. The maximum atomic E-state index is 12.0. The fraction of sp³-hybridized carbons (Fsp3) is 0.619. The number of ether oxygens (including phenoxy) is 1. The van der Waals surface area contributed by atoms with Crippen molar-refractivity contribution in [2.75, 3.05) is 26.3 Å². The van der Waals surface area contributed by atoms with Crippen molar-refractivity contribution in [3.8, 4) is 5.75 Å². The molecule has 0 heterocycles. The number of Topliss-reactive ketones (excluding diaryl/α,β-unsaturated/α-hetero) is 1. The number of fused-ring (bicyclic) bond motifs is 1. The molecule has 1 atom stereocenters. The van der Waals surface area contributed by atoms with Crippen LogP contribution in [-0.2, 0) is 16.1 Å². The number of hydrogen-bond donors (Lipinski definition) is 3. The van der Waals surface area contributed by atoms with Crippen LogP contribution in [0.1, 0.15) is 55.5 Å². The summed E-state index contributed by atoms with van der Waals surface area (Å²) in [5.41, 5.74) is 1.14. The van der Waals surface area contributed by atoms with E-state index in [1.165, 1.54) is 0 Å². The van der Waals surface area contributed by atoms with Crippen LogP contribution in [0.25, 0.3) is 0 Å². The molecular weight excluding hydrogens is 406 g/mol. The molecule has 1 unspecified atom stereocenters. The first-order valence-corrected chi connectivity index (χ1v) is 10.4. The van der Waals surface area contributed by atoms with E-state index < -0.39 is 16.7 Å². The molecule has 1 amide bonds. The third kappa shape index (κ3) is 8.50. The number of aryl methyl sites for hydroxylation is 1. The fourth-order valence-corrected chi connectivity index (χ4v) is 3.23. The van der Waals surface area contributed by atoms with Gasteiger partial charge in [-0.05, 0) is 44.7 Å². The molecule has 1 aromatic rings. The molecule has 10 heteroatoms. The molecule has 1 aliphatic rings. The molecule has 0 spiro atoms. The molecule has 0 aromatic heterocycles. The van der Waals surface area contributed by atoms with Gasteiger partial charge in [0.15, 0.2) is 5.78 Å². The molecule has 0 bridgehead atoms. The Morgan fingerprint density at radius 3 is 2.84 bits per heavy atom. The highest BCUT2D eigenvalue weighted by molar-refractivity contribution is 6.02. The van der Waals surface area contributed by atoms with Gasteiger partial charge in [-0.15, -0.1) is 10.1 Å². The SMILES string of the molecule is CC(C)(CNC(=O)CCCCO[N+](=O)[O-])NCC(O)COc1cccc2c1C(=O)CC2. The van der Waals surface area contributed by atoms with Crippen LogP contribution in [0.15, 0.2) is 18.2 Å². The van der Waals surface area contributed by atoms with Crippen molar-refractivity contribution < 1.29 is 29.4 Å². The van der Waals surface area contributed by atoms with Gasteiger partial charge >= 0.3 is 0 Å². The molecule has 0 aliphatic heterocycles. The molecule has 0 saturated carbocycles. The lowest BCUT2D eigenvalue weighted by molar-refractivity contribution is -0.757. The number of carbonyl (C=O) groups excluding carboxylic acids is 2. The number of aliphatic hydroxyl groups excluding tert-OH is 1. The third-order valence-corrected chi connectivity index (χ3v) is 4.98. The Bertz CT molecular complexity index is 782. The lowest BCUT2D eigenvalue weighted by Gasteiger charge is -2.28. The minimum absolute atomic E-state index is 0.0206. The predicted molar refractivity (Wildman–Crippen MR) is 112 cm³/mol. The summed E-state index contributed by atoms with van der Waals surface area (Å²) >= 11 is 0. The van der Waals surface area contributed by atoms with E-state index in [9.17, 15) is 24.8 Å². The van der Waals surface area contributed by atoms with Crippen LogP contribution >= 0.6 is 0 Å². The van der Waals surface area contributed by atoms with E-state index in [2.05, 4.69) is 15.5 Å². The van der Waals surface area contributed by atoms with Crippen LogP contribution in [0.5, 0.6) is 5.75 Å². The number of carbonyl (C=O) groups is 2. The highest BCUT2D eigenvalue weighted by Crippen LogP contribution is 2.30. The zero-order valence-electron chi connectivity index (χ0n) is 18.0. The van der Waals surface area contributed by atoms with E-state index in [0.717, 1.165) is 12.0 Å². The van der Waals surface area contributed by atoms with Gasteiger partial charge in [0.25, 0.3) is 5.09 Å². The third-order valence-electron chi connectivity index (χ3n) is 4.98. The Morgan fingerprint density at radius 2 is 2.10 bits per heavy atom. The summed E-state index contributed by atoms with van der Waals surface area (Å²) in [6.07, 6.45) is 1.61. The average Bonchev–Trinajstić information content (AvgIpc) is 3.10. The quantitative estimate of drug-likeness (QED) is 0.225. The Kier molecular flexibility index (Phi) is 9.20. The Morgan fingerprint density at radius 1 is 1.32 bits per heavy atom. The Hall–Kier alpha value is -2.72. The number of ketones is 1. The smallest absolute Gasteiger partial charge is 0.294 e. The van der Waals surface area contributed by atoms with E-state index in [4.69, 9.17) is 4.74 Å². The number of nitrogens with one attached hydrogen (secondary N) is 2. The van der Waals surface area contributed by atoms with Crippen LogP contribution in [0.2, 0.25) is 0 Å². The van der Waals surface area contributed by atoms with Gasteiger partial charge < -0.3 is 25.3 Å². The molecule has 10 nitrogen and oxygen atoms in total. The van der Waals surface area contributed by atoms with Crippen molar-refractivity contribution in [2.45, 2.75) is 57.6 Å². The molecule has 1 aliphatic carbocycles. The average molecular weight is 437 g/mol. The molecule has 1 aromatic carbocycles. The summed E-state index contributed by atoms with van der Waals surface area (Å²) in [4.78, 5) is 38.2. The van der Waals surface area contributed by atoms with Crippen molar-refractivity contribution in [1.29, 1.82) is 0 Å². The summed E-state index contributed by atoms with van der Waals surface area (Å²) in [6.45, 7) is 4.43. The Balaban J connectivity index is 1.65. The van der Waals surface area contributed by atoms with E-state index in [-0.39, 0.29) is 37.9 Å². The molecule has 0 saturated heterocycles. The minimum atomic E-state index is -0.848. The summed E-state index contributed by atoms with van der Waals surface area (Å²) in [5, 5.41) is 25.5. The fourth-order valence-electron chi connectivity index (χ4n) is 3.23. The van der Waals surface area contributed by atoms with Crippen molar-refractivity contribution in [3.63, 3.8) is 0 Å². The number of nitrogens with zero attached hydrogens (tertiary/aromatic N) is 1. The van der Waals surface area contributed by atoms with E-state index >= 15 is 0 Å².